The molecule has 13 nitrogen and oxygen atoms in total. The van der Waals surface area contributed by atoms with Gasteiger partial charge in [-0.25, -0.2) is 4.79 Å². The molecule has 17 unspecified atom stereocenters. The molecule has 1 spiro atoms. The fraction of sp³-hybridized carbons (Fsp3) is 0.889. The molecule has 13 heteroatoms. The van der Waals surface area contributed by atoms with Crippen molar-refractivity contribution in [3.8, 4) is 0 Å². The van der Waals surface area contributed by atoms with Gasteiger partial charge in [-0.05, 0) is 25.7 Å². The third-order valence-corrected chi connectivity index (χ3v) is 11.7. The zero-order valence-electron chi connectivity index (χ0n) is 22.6. The molecule has 5 fully saturated rings. The topological polar surface area (TPSA) is 227 Å². The zero-order valence-corrected chi connectivity index (χ0v) is 22.6. The van der Waals surface area contributed by atoms with Gasteiger partial charge in [-0.15, -0.1) is 0 Å². The summed E-state index contributed by atoms with van der Waals surface area (Å²) in [6.07, 6.45) is -11.1. The highest BCUT2D eigenvalue weighted by Gasteiger charge is 2.87. The SMILES string of the molecule is CC1=CC(OC2CC(CO)C(O)C(O)C2O)C(O)C2(C)C1CC1OC(=O)C(O)C3(O)C(C)C(O)C4(O)OCC13C42. The summed E-state index contributed by atoms with van der Waals surface area (Å²) >= 11 is 0. The highest BCUT2D eigenvalue weighted by molar-refractivity contribution is 5.78. The molecule has 0 aromatic carbocycles. The standard InChI is InChI=1S/C27H40O13/c1-9-4-14(39-13-5-11(7-28)16(29)18(31)17(13)30)20(33)24(3)12(9)6-15-25-8-38-27(37,23(24)25)19(32)10(2)26(25,36)21(34)22(35)40-15/h4,10-21,23,28-34,36-37H,5-8H2,1-3H3. The first-order valence-electron chi connectivity index (χ1n) is 13.9. The summed E-state index contributed by atoms with van der Waals surface area (Å²) in [7, 11) is 0. The molecule has 0 aromatic heterocycles. The van der Waals surface area contributed by atoms with Gasteiger partial charge in [0.1, 0.15) is 36.1 Å². The number of ether oxygens (including phenoxy) is 3. The number of fused-ring (bicyclic) bond motifs is 1. The lowest BCUT2D eigenvalue weighted by atomic mass is 9.36. The molecule has 9 N–H and O–H groups in total. The van der Waals surface area contributed by atoms with E-state index in [2.05, 4.69) is 0 Å². The Kier molecular flexibility index (Phi) is 6.42. The lowest BCUT2D eigenvalue weighted by Gasteiger charge is -2.71. The van der Waals surface area contributed by atoms with Crippen molar-refractivity contribution in [1.82, 2.24) is 0 Å². The Morgan fingerprint density at radius 1 is 1.02 bits per heavy atom. The fourth-order valence-electron chi connectivity index (χ4n) is 9.64. The van der Waals surface area contributed by atoms with Crippen LogP contribution >= 0.6 is 0 Å². The van der Waals surface area contributed by atoms with Crippen LogP contribution in [0.4, 0.5) is 0 Å². The second kappa shape index (κ2) is 8.89. The third-order valence-electron chi connectivity index (χ3n) is 11.7. The van der Waals surface area contributed by atoms with Crippen LogP contribution in [0.25, 0.3) is 0 Å². The number of hydrogen-bond acceptors (Lipinski definition) is 13. The lowest BCUT2D eigenvalue weighted by Crippen LogP contribution is -2.84. The number of aliphatic hydroxyl groups is 9. The quantitative estimate of drug-likeness (QED) is 0.118. The maximum Gasteiger partial charge on any atom is 0.338 e. The Morgan fingerprint density at radius 2 is 1.70 bits per heavy atom. The van der Waals surface area contributed by atoms with Crippen LogP contribution in [0.2, 0.25) is 0 Å². The molecule has 2 heterocycles. The molecule has 17 atom stereocenters. The van der Waals surface area contributed by atoms with Crippen LogP contribution in [0.15, 0.2) is 11.6 Å². The average molecular weight is 573 g/mol. The Bertz CT molecular complexity index is 1100. The number of esters is 1. The van der Waals surface area contributed by atoms with E-state index >= 15 is 0 Å². The lowest BCUT2D eigenvalue weighted by molar-refractivity contribution is -0.380. The second-order valence-corrected chi connectivity index (χ2v) is 13.2. The second-order valence-electron chi connectivity index (χ2n) is 13.2. The number of allylic oxidation sites excluding steroid dienone is 1. The Hall–Kier alpha value is -1.23. The summed E-state index contributed by atoms with van der Waals surface area (Å²) in [5.41, 5.74) is -4.53. The van der Waals surface area contributed by atoms with Crippen molar-refractivity contribution >= 4 is 5.97 Å². The van der Waals surface area contributed by atoms with Gasteiger partial charge in [-0.1, -0.05) is 25.5 Å². The summed E-state index contributed by atoms with van der Waals surface area (Å²) in [5, 5.41) is 99.4. The molecule has 6 aliphatic rings. The minimum Gasteiger partial charge on any atom is -0.460 e. The van der Waals surface area contributed by atoms with E-state index in [0.717, 1.165) is 0 Å². The number of carbonyl (C=O) groups excluding carboxylic acids is 1. The fourth-order valence-corrected chi connectivity index (χ4v) is 9.64. The van der Waals surface area contributed by atoms with E-state index in [9.17, 15) is 50.8 Å². The van der Waals surface area contributed by atoms with Crippen molar-refractivity contribution in [2.45, 2.75) is 99.9 Å². The molecule has 0 radical (unpaired) electrons. The predicted molar refractivity (Wildman–Crippen MR) is 131 cm³/mol. The molecule has 226 valence electrons. The highest BCUT2D eigenvalue weighted by Crippen LogP contribution is 2.75. The van der Waals surface area contributed by atoms with Crippen LogP contribution in [0.3, 0.4) is 0 Å². The van der Waals surface area contributed by atoms with E-state index in [1.54, 1.807) is 19.9 Å². The van der Waals surface area contributed by atoms with Crippen LogP contribution in [0.5, 0.6) is 0 Å². The third kappa shape index (κ3) is 3.12. The molecule has 2 saturated heterocycles. The summed E-state index contributed by atoms with van der Waals surface area (Å²) in [6.45, 7) is 4.06. The van der Waals surface area contributed by atoms with Crippen LogP contribution in [0, 0.1) is 34.5 Å². The van der Waals surface area contributed by atoms with Crippen molar-refractivity contribution in [2.24, 2.45) is 34.5 Å². The van der Waals surface area contributed by atoms with Crippen molar-refractivity contribution in [3.63, 3.8) is 0 Å². The van der Waals surface area contributed by atoms with Crippen molar-refractivity contribution < 1.29 is 65.0 Å². The van der Waals surface area contributed by atoms with Crippen LogP contribution in [-0.2, 0) is 19.0 Å². The van der Waals surface area contributed by atoms with Gasteiger partial charge >= 0.3 is 5.97 Å². The predicted octanol–water partition coefficient (Wildman–Crippen LogP) is -3.47. The van der Waals surface area contributed by atoms with Crippen molar-refractivity contribution in [1.29, 1.82) is 0 Å². The van der Waals surface area contributed by atoms with E-state index in [-0.39, 0.29) is 19.4 Å². The molecule has 2 aliphatic heterocycles. The first kappa shape index (κ1) is 28.9. The smallest absolute Gasteiger partial charge is 0.338 e. The van der Waals surface area contributed by atoms with E-state index in [1.807, 2.05) is 0 Å². The molecule has 6 rings (SSSR count). The number of rotatable bonds is 3. The number of hydrogen-bond donors (Lipinski definition) is 9. The zero-order chi connectivity index (χ0) is 29.3. The van der Waals surface area contributed by atoms with Crippen LogP contribution < -0.4 is 0 Å². The minimum absolute atomic E-state index is 0.00719. The van der Waals surface area contributed by atoms with Gasteiger partial charge in [-0.3, -0.25) is 0 Å². The average Bonchev–Trinajstić information content (AvgIpc) is 3.24. The maximum atomic E-state index is 12.8. The monoisotopic (exact) mass is 572 g/mol. The molecule has 4 aliphatic carbocycles. The number of aliphatic hydroxyl groups excluding tert-OH is 7. The maximum absolute atomic E-state index is 12.8. The van der Waals surface area contributed by atoms with Gasteiger partial charge < -0.3 is 60.2 Å². The Balaban J connectivity index is 1.45. The molecule has 3 saturated carbocycles. The van der Waals surface area contributed by atoms with Gasteiger partial charge in [0.25, 0.3) is 0 Å². The highest BCUT2D eigenvalue weighted by atomic mass is 16.7. The van der Waals surface area contributed by atoms with Crippen molar-refractivity contribution in [2.75, 3.05) is 13.2 Å². The van der Waals surface area contributed by atoms with Gasteiger partial charge in [0, 0.05) is 29.8 Å². The Morgan fingerprint density at radius 3 is 2.35 bits per heavy atom. The number of carbonyl (C=O) groups is 1. The first-order chi connectivity index (χ1) is 18.6. The molecule has 0 amide bonds. The molecular formula is C27H40O13. The summed E-state index contributed by atoms with van der Waals surface area (Å²) in [4.78, 5) is 12.8. The van der Waals surface area contributed by atoms with E-state index in [4.69, 9.17) is 14.2 Å². The summed E-state index contributed by atoms with van der Waals surface area (Å²) in [5.74, 6) is -7.08. The molecular weight excluding hydrogens is 532 g/mol. The Labute approximate surface area is 230 Å². The normalized spacial score (nSPS) is 60.9. The molecule has 0 aromatic rings. The van der Waals surface area contributed by atoms with Crippen LogP contribution in [0.1, 0.15) is 33.6 Å². The van der Waals surface area contributed by atoms with E-state index < -0.39 is 113 Å². The van der Waals surface area contributed by atoms with E-state index in [1.165, 1.54) is 6.92 Å². The largest absolute Gasteiger partial charge is 0.460 e. The van der Waals surface area contributed by atoms with E-state index in [0.29, 0.717) is 5.57 Å². The molecule has 40 heavy (non-hydrogen) atoms. The van der Waals surface area contributed by atoms with Gasteiger partial charge in [-0.2, -0.15) is 0 Å². The summed E-state index contributed by atoms with van der Waals surface area (Å²) < 4.78 is 17.7. The van der Waals surface area contributed by atoms with Gasteiger partial charge in [0.05, 0.1) is 30.3 Å². The van der Waals surface area contributed by atoms with Crippen molar-refractivity contribution in [3.05, 3.63) is 11.6 Å². The minimum atomic E-state index is -2.28. The van der Waals surface area contributed by atoms with Gasteiger partial charge in [0.2, 0.25) is 0 Å². The first-order valence-corrected chi connectivity index (χ1v) is 13.9. The summed E-state index contributed by atoms with van der Waals surface area (Å²) in [6, 6.07) is 0. The van der Waals surface area contributed by atoms with Crippen LogP contribution in [-0.4, -0.2) is 131 Å². The van der Waals surface area contributed by atoms with Gasteiger partial charge in [0.15, 0.2) is 11.9 Å². The molecule has 2 bridgehead atoms.